The van der Waals surface area contributed by atoms with E-state index in [2.05, 4.69) is 29.5 Å². The first kappa shape index (κ1) is 18.4. The summed E-state index contributed by atoms with van der Waals surface area (Å²) in [4.78, 5) is 30.0. The highest BCUT2D eigenvalue weighted by atomic mass is 32.1. The Morgan fingerprint density at radius 2 is 2.26 bits per heavy atom. The van der Waals surface area contributed by atoms with Crippen molar-refractivity contribution in [2.24, 2.45) is 5.92 Å². The number of fused-ring (bicyclic) bond motifs is 4. The minimum Gasteiger partial charge on any atom is -0.351 e. The molecular formula is C20H26N4O2S. The molecule has 0 radical (unpaired) electrons. The molecule has 2 aliphatic rings. The fourth-order valence-corrected chi connectivity index (χ4v) is 4.93. The summed E-state index contributed by atoms with van der Waals surface area (Å²) in [6, 6.07) is 3.65. The van der Waals surface area contributed by atoms with Gasteiger partial charge in [-0.15, -0.1) is 11.3 Å². The first-order chi connectivity index (χ1) is 13.0. The molecule has 144 valence electrons. The quantitative estimate of drug-likeness (QED) is 0.825. The van der Waals surface area contributed by atoms with Crippen molar-refractivity contribution < 1.29 is 4.79 Å². The summed E-state index contributed by atoms with van der Waals surface area (Å²) in [6.07, 6.45) is 1.81. The van der Waals surface area contributed by atoms with Crippen LogP contribution in [-0.2, 0) is 13.0 Å². The number of carbonyl (C=O) groups is 1. The predicted molar refractivity (Wildman–Crippen MR) is 107 cm³/mol. The van der Waals surface area contributed by atoms with Crippen molar-refractivity contribution in [1.82, 2.24) is 20.2 Å². The van der Waals surface area contributed by atoms with Crippen LogP contribution in [0.15, 0.2) is 22.3 Å². The molecule has 2 aliphatic heterocycles. The highest BCUT2D eigenvalue weighted by Crippen LogP contribution is 2.31. The van der Waals surface area contributed by atoms with E-state index in [1.807, 2.05) is 16.0 Å². The molecule has 0 aromatic carbocycles. The van der Waals surface area contributed by atoms with Crippen LogP contribution in [-0.4, -0.2) is 35.1 Å². The van der Waals surface area contributed by atoms with E-state index in [9.17, 15) is 9.59 Å². The molecule has 2 aromatic heterocycles. The van der Waals surface area contributed by atoms with Crippen molar-refractivity contribution in [3.05, 3.63) is 49.8 Å². The third kappa shape index (κ3) is 3.71. The Morgan fingerprint density at radius 1 is 1.41 bits per heavy atom. The van der Waals surface area contributed by atoms with Crippen LogP contribution >= 0.6 is 11.3 Å². The molecule has 1 fully saturated rings. The second-order valence-electron chi connectivity index (χ2n) is 7.88. The van der Waals surface area contributed by atoms with Gasteiger partial charge in [0.15, 0.2) is 0 Å². The molecule has 2 aromatic rings. The third-order valence-corrected chi connectivity index (χ3v) is 6.68. The van der Waals surface area contributed by atoms with Crippen molar-refractivity contribution >= 4 is 17.2 Å². The predicted octanol–water partition coefficient (Wildman–Crippen LogP) is 2.11. The van der Waals surface area contributed by atoms with Gasteiger partial charge in [0.05, 0.1) is 10.7 Å². The molecule has 6 nitrogen and oxygen atoms in total. The molecule has 7 heteroatoms. The van der Waals surface area contributed by atoms with E-state index in [0.717, 1.165) is 35.9 Å². The molecule has 2 atom stereocenters. The van der Waals surface area contributed by atoms with E-state index >= 15 is 0 Å². The van der Waals surface area contributed by atoms with Crippen LogP contribution in [0.4, 0.5) is 0 Å². The second kappa shape index (κ2) is 7.56. The SMILES string of the molecule is CC(C)c1nc(CCNC(=O)c2ccc3n(c2=O)C[C@@H]2CNC[C@H]3C2)cs1. The van der Waals surface area contributed by atoms with Crippen molar-refractivity contribution in [1.29, 1.82) is 0 Å². The van der Waals surface area contributed by atoms with Crippen LogP contribution in [0.25, 0.3) is 0 Å². The zero-order valence-corrected chi connectivity index (χ0v) is 16.6. The number of pyridine rings is 1. The number of nitrogens with one attached hydrogen (secondary N) is 2. The topological polar surface area (TPSA) is 76.0 Å². The molecule has 0 spiro atoms. The number of piperidine rings is 1. The second-order valence-corrected chi connectivity index (χ2v) is 8.77. The highest BCUT2D eigenvalue weighted by molar-refractivity contribution is 7.09. The zero-order chi connectivity index (χ0) is 19.0. The maximum Gasteiger partial charge on any atom is 0.263 e. The average molecular weight is 387 g/mol. The molecule has 27 heavy (non-hydrogen) atoms. The summed E-state index contributed by atoms with van der Waals surface area (Å²) in [5, 5.41) is 9.48. The van der Waals surface area contributed by atoms with Gasteiger partial charge in [-0.25, -0.2) is 4.98 Å². The number of nitrogens with zero attached hydrogens (tertiary/aromatic N) is 2. The van der Waals surface area contributed by atoms with Gasteiger partial charge < -0.3 is 15.2 Å². The summed E-state index contributed by atoms with van der Waals surface area (Å²) in [5.74, 6) is 0.987. The highest BCUT2D eigenvalue weighted by Gasteiger charge is 2.31. The number of thiazole rings is 1. The van der Waals surface area contributed by atoms with Gasteiger partial charge in [0.1, 0.15) is 5.56 Å². The molecule has 4 heterocycles. The van der Waals surface area contributed by atoms with Gasteiger partial charge in [0, 0.05) is 49.0 Å². The van der Waals surface area contributed by atoms with Crippen molar-refractivity contribution in [2.75, 3.05) is 19.6 Å². The summed E-state index contributed by atoms with van der Waals surface area (Å²) in [7, 11) is 0. The number of hydrogen-bond acceptors (Lipinski definition) is 5. The van der Waals surface area contributed by atoms with Gasteiger partial charge in [-0.1, -0.05) is 13.8 Å². The monoisotopic (exact) mass is 386 g/mol. The summed E-state index contributed by atoms with van der Waals surface area (Å²) >= 11 is 1.66. The van der Waals surface area contributed by atoms with Gasteiger partial charge in [0.25, 0.3) is 11.5 Å². The number of carbonyl (C=O) groups excluding carboxylic acids is 1. The summed E-state index contributed by atoms with van der Waals surface area (Å²) < 4.78 is 1.82. The van der Waals surface area contributed by atoms with Gasteiger partial charge >= 0.3 is 0 Å². The zero-order valence-electron chi connectivity index (χ0n) is 15.8. The van der Waals surface area contributed by atoms with Gasteiger partial charge in [-0.3, -0.25) is 9.59 Å². The molecule has 1 amide bonds. The first-order valence-corrected chi connectivity index (χ1v) is 10.6. The molecule has 4 rings (SSSR count). The van der Waals surface area contributed by atoms with E-state index in [0.29, 0.717) is 37.3 Å². The minimum atomic E-state index is -0.288. The molecule has 0 saturated carbocycles. The van der Waals surface area contributed by atoms with Crippen LogP contribution in [0.5, 0.6) is 0 Å². The summed E-state index contributed by atoms with van der Waals surface area (Å²) in [6.45, 7) is 7.29. The minimum absolute atomic E-state index is 0.155. The van der Waals surface area contributed by atoms with Gasteiger partial charge in [-0.2, -0.15) is 0 Å². The smallest absolute Gasteiger partial charge is 0.263 e. The number of hydrogen-bond donors (Lipinski definition) is 2. The van der Waals surface area contributed by atoms with Crippen LogP contribution in [0.1, 0.15) is 58.9 Å². The Hall–Kier alpha value is -1.99. The largest absolute Gasteiger partial charge is 0.351 e. The maximum atomic E-state index is 12.9. The lowest BCUT2D eigenvalue weighted by molar-refractivity contribution is 0.0951. The van der Waals surface area contributed by atoms with Crippen molar-refractivity contribution in [3.63, 3.8) is 0 Å². The van der Waals surface area contributed by atoms with Crippen LogP contribution < -0.4 is 16.2 Å². The normalized spacial score (nSPS) is 21.1. The van der Waals surface area contributed by atoms with E-state index in [1.165, 1.54) is 0 Å². The Kier molecular flexibility index (Phi) is 5.14. The number of rotatable bonds is 5. The molecule has 2 N–H and O–H groups in total. The standard InChI is InChI=1S/C20H26N4O2S/c1-12(2)19-23-15(11-27-19)5-6-22-18(25)16-3-4-17-14-7-13(8-21-9-14)10-24(17)20(16)26/h3-4,11-14,21H,5-10H2,1-2H3,(H,22,25)/t13-,14+/m0/s1. The molecular weight excluding hydrogens is 360 g/mol. The molecule has 2 bridgehead atoms. The molecule has 0 unspecified atom stereocenters. The van der Waals surface area contributed by atoms with E-state index in [1.54, 1.807) is 17.4 Å². The molecule has 1 saturated heterocycles. The van der Waals surface area contributed by atoms with Gasteiger partial charge in [-0.05, 0) is 31.0 Å². The lowest BCUT2D eigenvalue weighted by atomic mass is 9.84. The van der Waals surface area contributed by atoms with Crippen molar-refractivity contribution in [3.8, 4) is 0 Å². The average Bonchev–Trinajstić information content (AvgIpc) is 3.12. The van der Waals surface area contributed by atoms with E-state index in [4.69, 9.17) is 0 Å². The lowest BCUT2D eigenvalue weighted by Crippen LogP contribution is -2.46. The Morgan fingerprint density at radius 3 is 3.04 bits per heavy atom. The fourth-order valence-electron chi connectivity index (χ4n) is 4.07. The van der Waals surface area contributed by atoms with E-state index < -0.39 is 0 Å². The van der Waals surface area contributed by atoms with Crippen LogP contribution in [0.3, 0.4) is 0 Å². The fraction of sp³-hybridized carbons (Fsp3) is 0.550. The first-order valence-electron chi connectivity index (χ1n) is 9.70. The number of amides is 1. The third-order valence-electron chi connectivity index (χ3n) is 5.48. The summed E-state index contributed by atoms with van der Waals surface area (Å²) in [5.41, 5.74) is 2.14. The lowest BCUT2D eigenvalue weighted by Gasteiger charge is -2.37. The Bertz CT molecular complexity index is 902. The maximum absolute atomic E-state index is 12.9. The van der Waals surface area contributed by atoms with Gasteiger partial charge in [0.2, 0.25) is 0 Å². The van der Waals surface area contributed by atoms with Crippen molar-refractivity contribution in [2.45, 2.75) is 45.1 Å². The number of aromatic nitrogens is 2. The Balaban J connectivity index is 1.43. The van der Waals surface area contributed by atoms with Crippen LogP contribution in [0, 0.1) is 5.92 Å². The van der Waals surface area contributed by atoms with E-state index in [-0.39, 0.29) is 17.0 Å². The Labute approximate surface area is 163 Å². The van der Waals surface area contributed by atoms with Crippen LogP contribution in [0.2, 0.25) is 0 Å². The molecule has 0 aliphatic carbocycles.